The lowest BCUT2D eigenvalue weighted by Crippen LogP contribution is -2.19. The van der Waals surface area contributed by atoms with Gasteiger partial charge in [-0.15, -0.1) is 0 Å². The fourth-order valence-corrected chi connectivity index (χ4v) is 4.20. The molecule has 42 heavy (non-hydrogen) atoms. The maximum Gasteiger partial charge on any atom is 0.0461 e. The fourth-order valence-electron chi connectivity index (χ4n) is 4.20. The highest BCUT2D eigenvalue weighted by Gasteiger charge is 2.13. The van der Waals surface area contributed by atoms with Gasteiger partial charge in [-0.3, -0.25) is 0 Å². The fraction of sp³-hybridized carbons (Fsp3) is 0.150. The SMILES string of the molecule is C=C/C=C\C(=C/C)N(/C(C=C)=C/C=C(C)/C(C=C)=C/C=C(\C)N(C(/C=C\C)=C/C)C(/C=C\C)=C/C=C)c1ccccc1. The maximum atomic E-state index is 4.12. The summed E-state index contributed by atoms with van der Waals surface area (Å²) in [6, 6.07) is 10.3. The summed E-state index contributed by atoms with van der Waals surface area (Å²) in [7, 11) is 0. The van der Waals surface area contributed by atoms with Crippen LogP contribution in [0.3, 0.4) is 0 Å². The molecule has 0 heterocycles. The van der Waals surface area contributed by atoms with E-state index in [4.69, 9.17) is 0 Å². The van der Waals surface area contributed by atoms with Gasteiger partial charge in [-0.25, -0.2) is 0 Å². The Morgan fingerprint density at radius 2 is 1.26 bits per heavy atom. The van der Waals surface area contributed by atoms with Gasteiger partial charge in [-0.05, 0) is 107 Å². The van der Waals surface area contributed by atoms with Crippen LogP contribution in [0.2, 0.25) is 0 Å². The van der Waals surface area contributed by atoms with Crippen molar-refractivity contribution in [3.8, 4) is 0 Å². The molecule has 0 atom stereocenters. The van der Waals surface area contributed by atoms with Crippen molar-refractivity contribution >= 4 is 5.69 Å². The minimum atomic E-state index is 0.943. The van der Waals surface area contributed by atoms with Crippen LogP contribution in [-0.4, -0.2) is 4.90 Å². The molecule has 0 fully saturated rings. The van der Waals surface area contributed by atoms with Crippen LogP contribution in [0.25, 0.3) is 0 Å². The Morgan fingerprint density at radius 1 is 0.619 bits per heavy atom. The third kappa shape index (κ3) is 10.6. The molecule has 0 N–H and O–H groups in total. The van der Waals surface area contributed by atoms with Gasteiger partial charge < -0.3 is 9.80 Å². The van der Waals surface area contributed by atoms with Crippen LogP contribution >= 0.6 is 0 Å². The molecule has 0 spiro atoms. The van der Waals surface area contributed by atoms with Gasteiger partial charge in [0, 0.05) is 34.2 Å². The monoisotopic (exact) mass is 556 g/mol. The Labute approximate surface area is 256 Å². The van der Waals surface area contributed by atoms with Gasteiger partial charge in [0.2, 0.25) is 0 Å². The maximum absolute atomic E-state index is 4.12. The molecule has 2 nitrogen and oxygen atoms in total. The molecule has 0 aliphatic rings. The van der Waals surface area contributed by atoms with Gasteiger partial charge >= 0.3 is 0 Å². The van der Waals surface area contributed by atoms with Crippen LogP contribution in [-0.2, 0) is 0 Å². The van der Waals surface area contributed by atoms with Crippen LogP contribution in [0.5, 0.6) is 0 Å². The first-order valence-electron chi connectivity index (χ1n) is 14.2. The Hall–Kier alpha value is -4.82. The molecule has 1 aromatic carbocycles. The molecule has 0 amide bonds. The molecule has 1 aromatic rings. The first-order valence-corrected chi connectivity index (χ1v) is 14.2. The topological polar surface area (TPSA) is 6.48 Å². The number of para-hydroxylation sites is 1. The van der Waals surface area contributed by atoms with E-state index >= 15 is 0 Å². The minimum absolute atomic E-state index is 0.943. The van der Waals surface area contributed by atoms with E-state index in [0.29, 0.717) is 0 Å². The molecular weight excluding hydrogens is 508 g/mol. The van der Waals surface area contributed by atoms with Gasteiger partial charge in [-0.2, -0.15) is 0 Å². The predicted molar refractivity (Wildman–Crippen MR) is 190 cm³/mol. The molecule has 0 radical (unpaired) electrons. The number of allylic oxidation sites excluding steroid dienone is 20. The Bertz CT molecular complexity index is 1380. The number of benzene rings is 1. The number of hydrogen-bond donors (Lipinski definition) is 0. The lowest BCUT2D eigenvalue weighted by molar-refractivity contribution is 0.559. The van der Waals surface area contributed by atoms with Crippen molar-refractivity contribution < 1.29 is 0 Å². The quantitative estimate of drug-likeness (QED) is 0.187. The highest BCUT2D eigenvalue weighted by atomic mass is 15.2. The largest absolute Gasteiger partial charge is 0.315 e. The highest BCUT2D eigenvalue weighted by molar-refractivity contribution is 5.63. The molecule has 0 aliphatic carbocycles. The van der Waals surface area contributed by atoms with Crippen molar-refractivity contribution in [1.82, 2.24) is 4.90 Å². The average Bonchev–Trinajstić information content (AvgIpc) is 3.01. The van der Waals surface area contributed by atoms with Crippen LogP contribution in [0.15, 0.2) is 200 Å². The highest BCUT2D eigenvalue weighted by Crippen LogP contribution is 2.27. The Morgan fingerprint density at radius 3 is 1.79 bits per heavy atom. The third-order valence-corrected chi connectivity index (χ3v) is 6.25. The summed E-state index contributed by atoms with van der Waals surface area (Å²) in [4.78, 5) is 4.38. The lowest BCUT2D eigenvalue weighted by atomic mass is 10.1. The van der Waals surface area contributed by atoms with Crippen molar-refractivity contribution in [3.05, 3.63) is 200 Å². The van der Waals surface area contributed by atoms with Crippen molar-refractivity contribution in [3.63, 3.8) is 0 Å². The van der Waals surface area contributed by atoms with E-state index in [1.807, 2.05) is 94.5 Å². The van der Waals surface area contributed by atoms with Crippen molar-refractivity contribution in [1.29, 1.82) is 0 Å². The van der Waals surface area contributed by atoms with Gasteiger partial charge in [-0.1, -0.05) is 105 Å². The third-order valence-electron chi connectivity index (χ3n) is 6.25. The van der Waals surface area contributed by atoms with Gasteiger partial charge in [0.25, 0.3) is 0 Å². The van der Waals surface area contributed by atoms with E-state index in [2.05, 4.69) is 111 Å². The van der Waals surface area contributed by atoms with Crippen LogP contribution in [0, 0.1) is 0 Å². The average molecular weight is 557 g/mol. The van der Waals surface area contributed by atoms with Crippen LogP contribution in [0.1, 0.15) is 41.5 Å². The molecule has 0 saturated carbocycles. The summed E-state index contributed by atoms with van der Waals surface area (Å²) in [6.07, 6.45) is 34.2. The zero-order chi connectivity index (χ0) is 31.3. The van der Waals surface area contributed by atoms with E-state index in [1.54, 1.807) is 6.08 Å². The number of hydrogen-bond acceptors (Lipinski definition) is 2. The van der Waals surface area contributed by atoms with Crippen molar-refractivity contribution in [2.24, 2.45) is 0 Å². The first-order chi connectivity index (χ1) is 20.4. The molecule has 0 aliphatic heterocycles. The van der Waals surface area contributed by atoms with Gasteiger partial charge in [0.1, 0.15) is 0 Å². The normalized spacial score (nSPS) is 14.6. The molecule has 0 saturated heterocycles. The summed E-state index contributed by atoms with van der Waals surface area (Å²) in [6.45, 7) is 28.3. The molecular formula is C40H48N2. The number of nitrogens with zero attached hydrogens (tertiary/aromatic N) is 2. The van der Waals surface area contributed by atoms with E-state index in [1.165, 1.54) is 0 Å². The van der Waals surface area contributed by atoms with Crippen molar-refractivity contribution in [2.75, 3.05) is 4.90 Å². The second kappa shape index (κ2) is 20.1. The Balaban J connectivity index is 3.66. The summed E-state index contributed by atoms with van der Waals surface area (Å²) in [5.41, 5.74) is 8.25. The lowest BCUT2D eigenvalue weighted by Gasteiger charge is -2.27. The van der Waals surface area contributed by atoms with Gasteiger partial charge in [0.15, 0.2) is 0 Å². The summed E-state index contributed by atoms with van der Waals surface area (Å²) in [5.74, 6) is 0. The van der Waals surface area contributed by atoms with E-state index in [-0.39, 0.29) is 0 Å². The van der Waals surface area contributed by atoms with E-state index < -0.39 is 0 Å². The predicted octanol–water partition coefficient (Wildman–Crippen LogP) is 11.6. The number of anilines is 1. The van der Waals surface area contributed by atoms with Crippen LogP contribution < -0.4 is 4.90 Å². The number of rotatable bonds is 16. The van der Waals surface area contributed by atoms with E-state index in [0.717, 1.165) is 45.3 Å². The molecule has 1 rings (SSSR count). The summed E-state index contributed by atoms with van der Waals surface area (Å²) < 4.78 is 0. The molecule has 2 heteroatoms. The second-order valence-corrected chi connectivity index (χ2v) is 9.14. The smallest absolute Gasteiger partial charge is 0.0461 e. The van der Waals surface area contributed by atoms with E-state index in [9.17, 15) is 0 Å². The zero-order valence-corrected chi connectivity index (χ0v) is 26.4. The molecule has 0 unspecified atom stereocenters. The van der Waals surface area contributed by atoms with Crippen LogP contribution in [0.4, 0.5) is 5.69 Å². The standard InChI is InChI=1S/C40H48N2/c1-11-19-26-37(17-7)42(40-27-21-20-22-28-40)38(18-8)32-29-33(9)35(15-5)31-30-34(10)41(36(16-6)23-12-2)39(24-13-3)25-14-4/h11-32H,1,3,5,8H2,2,4,6-7,9-10H3/b23-12-,25-14-,26-19-,33-29+,34-30+,35-31+,36-16+,37-17+,38-32+,39-24+. The molecule has 0 aromatic heterocycles. The summed E-state index contributed by atoms with van der Waals surface area (Å²) in [5, 5.41) is 0. The first kappa shape index (κ1) is 35.2. The molecule has 218 valence electrons. The Kier molecular flexibility index (Phi) is 16.9. The second-order valence-electron chi connectivity index (χ2n) is 9.14. The van der Waals surface area contributed by atoms with Gasteiger partial charge in [0.05, 0.1) is 0 Å². The molecule has 0 bridgehead atoms. The van der Waals surface area contributed by atoms with Crippen molar-refractivity contribution in [2.45, 2.75) is 41.5 Å². The summed E-state index contributed by atoms with van der Waals surface area (Å²) >= 11 is 0. The minimum Gasteiger partial charge on any atom is -0.315 e. The zero-order valence-electron chi connectivity index (χ0n) is 26.4.